The largest absolute Gasteiger partial charge is 0.373 e. The van der Waals surface area contributed by atoms with Crippen LogP contribution < -0.4 is 10.6 Å². The molecule has 44 heavy (non-hydrogen) atoms. The maximum atomic E-state index is 14.7. The van der Waals surface area contributed by atoms with Crippen molar-refractivity contribution in [2.75, 3.05) is 30.3 Å². The topological polar surface area (TPSA) is 94.7 Å². The highest BCUT2D eigenvalue weighted by molar-refractivity contribution is 6.35. The quantitative estimate of drug-likeness (QED) is 0.137. The number of rotatable bonds is 11. The zero-order chi connectivity index (χ0) is 31.1. The molecule has 3 heterocycles. The Balaban J connectivity index is 1.49. The van der Waals surface area contributed by atoms with Gasteiger partial charge in [-0.2, -0.15) is 5.26 Å². The van der Waals surface area contributed by atoms with Crippen molar-refractivity contribution >= 4 is 33.9 Å². The third-order valence-corrected chi connectivity index (χ3v) is 7.65. The molecule has 5 rings (SSSR count). The summed E-state index contributed by atoms with van der Waals surface area (Å²) in [6, 6.07) is 14.9. The molecule has 4 aromatic rings. The molecule has 0 saturated carbocycles. The number of anilines is 2. The first-order valence-corrected chi connectivity index (χ1v) is 14.7. The molecule has 0 unspecified atom stereocenters. The Kier molecular flexibility index (Phi) is 9.86. The number of halogens is 3. The monoisotopic (exact) mass is 612 g/mol. The van der Waals surface area contributed by atoms with Crippen LogP contribution in [0.4, 0.5) is 20.2 Å². The average molecular weight is 613 g/mol. The van der Waals surface area contributed by atoms with Crippen LogP contribution in [0.1, 0.15) is 49.0 Å². The van der Waals surface area contributed by atoms with Crippen molar-refractivity contribution in [2.24, 2.45) is 0 Å². The number of hydrogen-bond acceptors (Lipinski definition) is 7. The van der Waals surface area contributed by atoms with Crippen molar-refractivity contribution < 1.29 is 8.78 Å². The zero-order valence-electron chi connectivity index (χ0n) is 24.2. The molecule has 2 aromatic carbocycles. The van der Waals surface area contributed by atoms with E-state index in [1.54, 1.807) is 12.1 Å². The number of allylic oxidation sites excluding steroid dienone is 4. The van der Waals surface area contributed by atoms with E-state index in [1.807, 2.05) is 47.3 Å². The number of terminal acetylenes is 1. The smallest absolute Gasteiger partial charge is 0.157 e. The highest BCUT2D eigenvalue weighted by Crippen LogP contribution is 2.36. The molecule has 0 aliphatic carbocycles. The van der Waals surface area contributed by atoms with E-state index in [-0.39, 0.29) is 16.9 Å². The summed E-state index contributed by atoms with van der Waals surface area (Å²) in [5.74, 6) is 0.439. The van der Waals surface area contributed by atoms with Crippen LogP contribution >= 0.6 is 11.6 Å². The summed E-state index contributed by atoms with van der Waals surface area (Å²) in [5, 5.41) is 25.7. The molecule has 1 fully saturated rings. The molecule has 2 aromatic heterocycles. The fourth-order valence-corrected chi connectivity index (χ4v) is 5.52. The number of aryl methyl sites for hydroxylation is 1. The van der Waals surface area contributed by atoms with Crippen molar-refractivity contribution in [3.8, 4) is 18.4 Å². The van der Waals surface area contributed by atoms with E-state index in [9.17, 15) is 14.0 Å². The van der Waals surface area contributed by atoms with Gasteiger partial charge in [-0.3, -0.25) is 9.67 Å². The van der Waals surface area contributed by atoms with Gasteiger partial charge in [-0.1, -0.05) is 47.1 Å². The first-order chi connectivity index (χ1) is 21.4. The van der Waals surface area contributed by atoms with Crippen molar-refractivity contribution in [1.29, 1.82) is 5.26 Å². The second-order valence-electron chi connectivity index (χ2n) is 10.5. The molecule has 11 heteroatoms. The Morgan fingerprint density at radius 1 is 1.18 bits per heavy atom. The Bertz CT molecular complexity index is 1780. The van der Waals surface area contributed by atoms with Gasteiger partial charge in [0.05, 0.1) is 39.9 Å². The molecule has 1 saturated heterocycles. The summed E-state index contributed by atoms with van der Waals surface area (Å²) in [5.41, 5.74) is 2.56. The lowest BCUT2D eigenvalue weighted by Crippen LogP contribution is -2.21. The molecule has 0 spiro atoms. The maximum absolute atomic E-state index is 14.7. The van der Waals surface area contributed by atoms with Gasteiger partial charge in [0.25, 0.3) is 0 Å². The minimum atomic E-state index is -0.991. The average Bonchev–Trinajstić information content (AvgIpc) is 3.71. The molecule has 0 amide bonds. The normalized spacial score (nSPS) is 15.0. The number of pyridine rings is 1. The van der Waals surface area contributed by atoms with Gasteiger partial charge in [-0.05, 0) is 69.4 Å². The van der Waals surface area contributed by atoms with Gasteiger partial charge in [-0.15, -0.1) is 11.5 Å². The summed E-state index contributed by atoms with van der Waals surface area (Å²) < 4.78 is 30.0. The molecule has 0 radical (unpaired) electrons. The Hall–Kier alpha value is -4.77. The van der Waals surface area contributed by atoms with Gasteiger partial charge in [0.2, 0.25) is 0 Å². The molecule has 1 atom stereocenters. The maximum Gasteiger partial charge on any atom is 0.157 e. The fourth-order valence-electron chi connectivity index (χ4n) is 5.26. The number of aromatic nitrogens is 4. The van der Waals surface area contributed by atoms with Crippen molar-refractivity contribution in [2.45, 2.75) is 38.8 Å². The van der Waals surface area contributed by atoms with Crippen LogP contribution in [-0.2, 0) is 6.54 Å². The van der Waals surface area contributed by atoms with Crippen LogP contribution in [0.15, 0.2) is 78.3 Å². The molecule has 0 bridgehead atoms. The second-order valence-corrected chi connectivity index (χ2v) is 10.9. The third kappa shape index (κ3) is 7.23. The van der Waals surface area contributed by atoms with Gasteiger partial charge in [0, 0.05) is 29.9 Å². The summed E-state index contributed by atoms with van der Waals surface area (Å²) in [6.07, 6.45) is 13.0. The minimum absolute atomic E-state index is 0.101. The van der Waals surface area contributed by atoms with Crippen LogP contribution in [0, 0.1) is 23.7 Å². The van der Waals surface area contributed by atoms with Crippen LogP contribution in [0.5, 0.6) is 0 Å². The van der Waals surface area contributed by atoms with E-state index in [0.717, 1.165) is 45.1 Å². The van der Waals surface area contributed by atoms with Crippen molar-refractivity contribution in [3.05, 3.63) is 100 Å². The molecule has 8 nitrogen and oxygen atoms in total. The van der Waals surface area contributed by atoms with E-state index < -0.39 is 17.7 Å². The van der Waals surface area contributed by atoms with Crippen molar-refractivity contribution in [3.63, 3.8) is 0 Å². The Morgan fingerprint density at radius 3 is 2.66 bits per heavy atom. The predicted octanol–water partition coefficient (Wildman–Crippen LogP) is 7.14. The molecular formula is C33H31ClF2N8. The molecule has 224 valence electrons. The second kappa shape index (κ2) is 14.1. The number of benzene rings is 2. The van der Waals surface area contributed by atoms with E-state index in [1.165, 1.54) is 19.0 Å². The number of nitrogens with one attached hydrogen (secondary N) is 2. The number of nitrogens with zero attached hydrogens (tertiary/aromatic N) is 6. The number of likely N-dealkylation sites (tertiary alicyclic amines) is 1. The number of fused-ring (bicyclic) bond motifs is 1. The lowest BCUT2D eigenvalue weighted by atomic mass is 10.0. The predicted molar refractivity (Wildman–Crippen MR) is 169 cm³/mol. The summed E-state index contributed by atoms with van der Waals surface area (Å²) in [4.78, 5) is 6.82. The molecule has 1 aliphatic heterocycles. The molecule has 2 N–H and O–H groups in total. The first-order valence-electron chi connectivity index (χ1n) is 14.3. The van der Waals surface area contributed by atoms with E-state index in [2.05, 4.69) is 36.7 Å². The lowest BCUT2D eigenvalue weighted by Gasteiger charge is -2.20. The van der Waals surface area contributed by atoms with Crippen LogP contribution in [0.25, 0.3) is 10.9 Å². The van der Waals surface area contributed by atoms with Gasteiger partial charge >= 0.3 is 0 Å². The lowest BCUT2D eigenvalue weighted by molar-refractivity contribution is 0.321. The summed E-state index contributed by atoms with van der Waals surface area (Å²) >= 11 is 6.69. The van der Waals surface area contributed by atoms with Gasteiger partial charge in [-0.25, -0.2) is 8.78 Å². The molecule has 1 aliphatic rings. The Labute approximate surface area is 260 Å². The van der Waals surface area contributed by atoms with Gasteiger partial charge in [0.1, 0.15) is 17.5 Å². The van der Waals surface area contributed by atoms with E-state index in [4.69, 9.17) is 18.0 Å². The Morgan fingerprint density at radius 2 is 1.95 bits per heavy atom. The van der Waals surface area contributed by atoms with Crippen LogP contribution in [0.3, 0.4) is 0 Å². The van der Waals surface area contributed by atoms with Gasteiger partial charge < -0.3 is 15.5 Å². The molecular weight excluding hydrogens is 582 g/mol. The summed E-state index contributed by atoms with van der Waals surface area (Å²) in [6.45, 7) is 5.20. The van der Waals surface area contributed by atoms with Crippen molar-refractivity contribution in [1.82, 2.24) is 24.9 Å². The summed E-state index contributed by atoms with van der Waals surface area (Å²) in [7, 11) is 0. The number of hydrogen-bond donors (Lipinski definition) is 2. The van der Waals surface area contributed by atoms with Gasteiger partial charge in [0.15, 0.2) is 5.83 Å². The highest BCUT2D eigenvalue weighted by Gasteiger charge is 2.21. The minimum Gasteiger partial charge on any atom is -0.373 e. The standard InChI is InChI=1S/C33H31ClF2N8/c1-3-29(28(36)16-22(2)35)40-31-24(19-37)20-38-33-26(31)17-25(18-27(33)34)39-32(23-10-5-4-6-11-23)30-21-44(42-41-30)15-9-14-43-12-7-8-13-43/h1,4-6,10-11,16-18,20-21,32,39H,7-9,12-15H2,2H3,(H,38,40)/b22-16+,29-28-/t32-/m0/s1. The van der Waals surface area contributed by atoms with E-state index in [0.29, 0.717) is 33.4 Å². The van der Waals surface area contributed by atoms with Crippen LogP contribution in [0.2, 0.25) is 5.02 Å². The fraction of sp³-hybridized carbons (Fsp3) is 0.273. The number of nitriles is 1. The highest BCUT2D eigenvalue weighted by atomic mass is 35.5. The first kappa shape index (κ1) is 30.7. The zero-order valence-corrected chi connectivity index (χ0v) is 25.0. The van der Waals surface area contributed by atoms with Crippen LogP contribution in [-0.4, -0.2) is 44.5 Å². The third-order valence-electron chi connectivity index (χ3n) is 7.36. The van der Waals surface area contributed by atoms with E-state index >= 15 is 0 Å². The SMILES string of the molecule is C#C/C(Nc1c(C#N)cnc2c(Cl)cc(N[C@@H](c3ccccc3)c3cn(CCCN4CCCC4)nn3)cc12)=C(F)\C=C(/C)F.